The first-order valence-corrected chi connectivity index (χ1v) is 16.9. The van der Waals surface area contributed by atoms with Gasteiger partial charge in [0.15, 0.2) is 17.6 Å². The summed E-state index contributed by atoms with van der Waals surface area (Å²) < 4.78 is 32.4. The summed E-state index contributed by atoms with van der Waals surface area (Å²) in [6.07, 6.45) is -3.27. The number of aromatic hydroxyl groups is 2. The van der Waals surface area contributed by atoms with Gasteiger partial charge < -0.3 is 54.0 Å². The second-order valence-electron chi connectivity index (χ2n) is 14.2. The highest BCUT2D eigenvalue weighted by molar-refractivity contribution is 5.92. The van der Waals surface area contributed by atoms with Crippen LogP contribution in [0.25, 0.3) is 0 Å². The lowest BCUT2D eigenvalue weighted by Crippen LogP contribution is -2.61. The first-order chi connectivity index (χ1) is 24.0. The van der Waals surface area contributed by atoms with E-state index < -0.39 is 83.7 Å². The quantitative estimate of drug-likeness (QED) is 0.173. The van der Waals surface area contributed by atoms with Crippen molar-refractivity contribution < 1.29 is 73.1 Å². The average molecular weight is 719 g/mol. The molecule has 51 heavy (non-hydrogen) atoms. The van der Waals surface area contributed by atoms with Gasteiger partial charge in [0.2, 0.25) is 12.0 Å². The summed E-state index contributed by atoms with van der Waals surface area (Å²) in [5.41, 5.74) is -0.874. The molecule has 5 N–H and O–H groups in total. The molecular formula is C36H46O15. The van der Waals surface area contributed by atoms with Gasteiger partial charge in [0.1, 0.15) is 31.0 Å². The third-order valence-corrected chi connectivity index (χ3v) is 11.3. The molecule has 0 bridgehead atoms. The molecule has 2 fully saturated rings. The van der Waals surface area contributed by atoms with Crippen molar-refractivity contribution in [2.75, 3.05) is 20.3 Å². The maximum Gasteiger partial charge on any atom is 0.338 e. The molecule has 1 saturated heterocycles. The van der Waals surface area contributed by atoms with Crippen LogP contribution in [0, 0.1) is 22.7 Å². The largest absolute Gasteiger partial charge is 0.504 e. The van der Waals surface area contributed by atoms with E-state index in [-0.39, 0.29) is 41.3 Å². The zero-order valence-corrected chi connectivity index (χ0v) is 29.2. The Morgan fingerprint density at radius 2 is 1.69 bits per heavy atom. The Balaban J connectivity index is 1.35. The lowest BCUT2D eigenvalue weighted by molar-refractivity contribution is -0.291. The molecule has 4 aliphatic rings. The van der Waals surface area contributed by atoms with Crippen molar-refractivity contribution in [3.05, 3.63) is 41.0 Å². The zero-order valence-electron chi connectivity index (χ0n) is 29.2. The van der Waals surface area contributed by atoms with Gasteiger partial charge in [-0.15, -0.1) is 0 Å². The monoisotopic (exact) mass is 718 g/mol. The third-order valence-electron chi connectivity index (χ3n) is 11.3. The van der Waals surface area contributed by atoms with Crippen molar-refractivity contribution in [3.8, 4) is 17.2 Å². The van der Waals surface area contributed by atoms with Gasteiger partial charge in [-0.3, -0.25) is 4.79 Å². The minimum absolute atomic E-state index is 0.119. The number of esters is 4. The van der Waals surface area contributed by atoms with Crippen LogP contribution in [0.1, 0.15) is 70.2 Å². The number of aliphatic hydroxyl groups excluding tert-OH is 3. The van der Waals surface area contributed by atoms with Crippen molar-refractivity contribution in [2.45, 2.75) is 96.6 Å². The molecule has 1 aromatic carbocycles. The first-order valence-electron chi connectivity index (χ1n) is 16.9. The fourth-order valence-corrected chi connectivity index (χ4v) is 8.44. The smallest absolute Gasteiger partial charge is 0.338 e. The molecule has 2 heterocycles. The molecule has 0 amide bonds. The van der Waals surface area contributed by atoms with Gasteiger partial charge in [-0.2, -0.15) is 0 Å². The lowest BCUT2D eigenvalue weighted by atomic mass is 9.46. The van der Waals surface area contributed by atoms with Crippen LogP contribution in [0.3, 0.4) is 0 Å². The molecule has 0 spiro atoms. The topological polar surface area (TPSA) is 225 Å². The molecule has 0 aromatic heterocycles. The normalized spacial score (nSPS) is 34.7. The molecule has 10 unspecified atom stereocenters. The maximum absolute atomic E-state index is 14.0. The molecule has 2 aliphatic carbocycles. The minimum Gasteiger partial charge on any atom is -0.504 e. The van der Waals surface area contributed by atoms with Crippen LogP contribution >= 0.6 is 0 Å². The lowest BCUT2D eigenvalue weighted by Gasteiger charge is -2.59. The van der Waals surface area contributed by atoms with Gasteiger partial charge in [0.25, 0.3) is 0 Å². The summed E-state index contributed by atoms with van der Waals surface area (Å²) in [6, 6.07) is 1.92. The van der Waals surface area contributed by atoms with Crippen molar-refractivity contribution in [1.82, 2.24) is 0 Å². The average Bonchev–Trinajstić information content (AvgIpc) is 3.49. The number of hydrogen-bond donors (Lipinski definition) is 5. The summed E-state index contributed by atoms with van der Waals surface area (Å²) in [5.74, 6) is -4.49. The van der Waals surface area contributed by atoms with Crippen molar-refractivity contribution in [1.29, 1.82) is 0 Å². The van der Waals surface area contributed by atoms with Gasteiger partial charge in [0, 0.05) is 23.5 Å². The number of hydrogen-bond acceptors (Lipinski definition) is 15. The number of methoxy groups -OCH3 is 1. The molecule has 2 aliphatic heterocycles. The number of cyclic esters (lactones) is 1. The molecule has 5 rings (SSSR count). The molecule has 15 heteroatoms. The van der Waals surface area contributed by atoms with E-state index in [1.165, 1.54) is 14.0 Å². The predicted molar refractivity (Wildman–Crippen MR) is 174 cm³/mol. The number of fused-ring (bicyclic) bond motifs is 1. The Hall–Kier alpha value is -4.18. The number of aliphatic hydroxyl groups is 3. The fraction of sp³-hybridized carbons (Fsp3) is 0.611. The van der Waals surface area contributed by atoms with Crippen LogP contribution in [0.4, 0.5) is 0 Å². The number of rotatable bonds is 10. The fourth-order valence-electron chi connectivity index (χ4n) is 8.44. The summed E-state index contributed by atoms with van der Waals surface area (Å²) in [5, 5.41) is 52.3. The van der Waals surface area contributed by atoms with Crippen LogP contribution in [0.2, 0.25) is 0 Å². The summed E-state index contributed by atoms with van der Waals surface area (Å²) >= 11 is 0. The summed E-state index contributed by atoms with van der Waals surface area (Å²) in [4.78, 5) is 51.4. The number of allylic oxidation sites excluding steroid dienone is 1. The zero-order chi connectivity index (χ0) is 37.4. The Morgan fingerprint density at radius 3 is 2.27 bits per heavy atom. The number of ether oxygens (including phenoxy) is 6. The number of phenols is 2. The van der Waals surface area contributed by atoms with Crippen molar-refractivity contribution in [2.24, 2.45) is 22.7 Å². The van der Waals surface area contributed by atoms with Gasteiger partial charge in [-0.05, 0) is 67.6 Å². The van der Waals surface area contributed by atoms with Gasteiger partial charge >= 0.3 is 23.9 Å². The van der Waals surface area contributed by atoms with Crippen molar-refractivity contribution in [3.63, 3.8) is 0 Å². The maximum atomic E-state index is 14.0. The van der Waals surface area contributed by atoms with E-state index in [1.54, 1.807) is 12.2 Å². The number of carbonyl (C=O) groups excluding carboxylic acids is 4. The Kier molecular flexibility index (Phi) is 11.1. The second kappa shape index (κ2) is 14.8. The van der Waals surface area contributed by atoms with E-state index >= 15 is 0 Å². The standard InChI is InChI=1S/C36H46O15/c1-17-24(48-18(2)38)15-36(4)21(7-6-8-26(36)35(17,3)11-9-19-10-12-47-31(19)43)33(45)51-34-28(42)27(41)30(25(16-37)49-34)50-32(44)20-13-22(39)29(46-5)23(40)14-20/h7,10,13-14,17,24-28,30,34,37,39-42H,6,8-9,11-12,15-16H2,1-5H3. The molecule has 0 radical (unpaired) electrons. The van der Waals surface area contributed by atoms with Crippen LogP contribution in [0.5, 0.6) is 17.2 Å². The Bertz CT molecular complexity index is 1580. The minimum atomic E-state index is -1.93. The van der Waals surface area contributed by atoms with Crippen LogP contribution in [0.15, 0.2) is 35.4 Å². The first kappa shape index (κ1) is 38.1. The second-order valence-corrected chi connectivity index (χ2v) is 14.2. The van der Waals surface area contributed by atoms with E-state index in [4.69, 9.17) is 28.4 Å². The van der Waals surface area contributed by atoms with E-state index in [9.17, 15) is 44.7 Å². The number of carbonyl (C=O) groups is 4. The van der Waals surface area contributed by atoms with E-state index in [2.05, 4.69) is 6.92 Å². The summed E-state index contributed by atoms with van der Waals surface area (Å²) in [7, 11) is 1.20. The molecule has 1 saturated carbocycles. The molecule has 15 nitrogen and oxygen atoms in total. The highest BCUT2D eigenvalue weighted by Gasteiger charge is 2.60. The van der Waals surface area contributed by atoms with Gasteiger partial charge in [0.05, 0.1) is 19.3 Å². The Labute approximate surface area is 294 Å². The highest BCUT2D eigenvalue weighted by atomic mass is 16.7. The third kappa shape index (κ3) is 7.16. The van der Waals surface area contributed by atoms with Gasteiger partial charge in [-0.1, -0.05) is 26.8 Å². The van der Waals surface area contributed by atoms with E-state index in [0.29, 0.717) is 37.7 Å². The van der Waals surface area contributed by atoms with Gasteiger partial charge in [-0.25, -0.2) is 14.4 Å². The van der Waals surface area contributed by atoms with Crippen LogP contribution in [-0.2, 0) is 38.1 Å². The van der Waals surface area contributed by atoms with Crippen molar-refractivity contribution >= 4 is 23.9 Å². The number of benzene rings is 1. The van der Waals surface area contributed by atoms with Crippen LogP contribution in [-0.4, -0.2) is 107 Å². The molecule has 1 aromatic rings. The van der Waals surface area contributed by atoms with E-state index in [1.807, 2.05) is 13.8 Å². The molecule has 10 atom stereocenters. The van der Waals surface area contributed by atoms with Crippen LogP contribution < -0.4 is 4.74 Å². The van der Waals surface area contributed by atoms with E-state index in [0.717, 1.165) is 12.1 Å². The molecular weight excluding hydrogens is 672 g/mol. The molecule has 280 valence electrons. The highest BCUT2D eigenvalue weighted by Crippen LogP contribution is 2.63. The number of phenolic OH excluding ortho intramolecular Hbond substituents is 2. The summed E-state index contributed by atoms with van der Waals surface area (Å²) in [6.45, 7) is 6.72. The Morgan fingerprint density at radius 1 is 1.00 bits per heavy atom. The SMILES string of the molecule is COc1c(O)cc(C(=O)OC2C(CO)OC(OC(=O)C3=CCCC4C3(C)CC(OC(C)=O)C(C)C4(C)CCC3=CCOC3=O)C(O)C2O)cc1O. The predicted octanol–water partition coefficient (Wildman–Crippen LogP) is 2.20.